The van der Waals surface area contributed by atoms with Crippen LogP contribution in [0.3, 0.4) is 0 Å². The first-order chi connectivity index (χ1) is 8.15. The Morgan fingerprint density at radius 2 is 2.41 bits per heavy atom. The van der Waals surface area contributed by atoms with E-state index in [1.807, 2.05) is 0 Å². The van der Waals surface area contributed by atoms with Crippen LogP contribution in [0.15, 0.2) is 28.5 Å². The van der Waals surface area contributed by atoms with Crippen molar-refractivity contribution in [1.82, 2.24) is 0 Å². The van der Waals surface area contributed by atoms with Crippen LogP contribution in [-0.4, -0.2) is 28.2 Å². The van der Waals surface area contributed by atoms with E-state index in [0.717, 1.165) is 0 Å². The molecule has 0 aromatic carbocycles. The predicted molar refractivity (Wildman–Crippen MR) is 58.3 cm³/mol. The van der Waals surface area contributed by atoms with Crippen LogP contribution in [0.25, 0.3) is 0 Å². The number of carbonyl (C=O) groups excluding carboxylic acids is 1. The van der Waals surface area contributed by atoms with E-state index in [-0.39, 0.29) is 5.57 Å². The summed E-state index contributed by atoms with van der Waals surface area (Å²) in [5.74, 6) is -1.78. The lowest BCUT2D eigenvalue weighted by atomic mass is 10.0. The van der Waals surface area contributed by atoms with Gasteiger partial charge in [-0.05, 0) is 23.1 Å². The molecule has 0 radical (unpaired) electrons. The Balaban J connectivity index is 2.52. The van der Waals surface area contributed by atoms with Gasteiger partial charge in [0.05, 0.1) is 0 Å². The monoisotopic (exact) mass is 253 g/mol. The van der Waals surface area contributed by atoms with Crippen LogP contribution >= 0.6 is 11.3 Å². The lowest BCUT2D eigenvalue weighted by Gasteiger charge is -2.03. The Hall–Kier alpha value is -2.02. The van der Waals surface area contributed by atoms with E-state index in [9.17, 15) is 9.59 Å². The van der Waals surface area contributed by atoms with Gasteiger partial charge in [0.15, 0.2) is 10.9 Å². The van der Waals surface area contributed by atoms with Gasteiger partial charge in [-0.2, -0.15) is 0 Å². The molecule has 1 N–H and O–H groups in total. The fourth-order valence-electron chi connectivity index (χ4n) is 1.37. The molecule has 6 nitrogen and oxygen atoms in total. The van der Waals surface area contributed by atoms with Gasteiger partial charge in [0.25, 0.3) is 0 Å². The van der Waals surface area contributed by atoms with Gasteiger partial charge >= 0.3 is 11.0 Å². The average molecular weight is 253 g/mol. The van der Waals surface area contributed by atoms with Crippen LogP contribution in [0.2, 0.25) is 0 Å². The molecule has 2 heterocycles. The van der Waals surface area contributed by atoms with Gasteiger partial charge < -0.3 is 9.94 Å². The van der Waals surface area contributed by atoms with Crippen LogP contribution < -0.4 is 0 Å². The summed E-state index contributed by atoms with van der Waals surface area (Å²) in [4.78, 5) is 27.6. The summed E-state index contributed by atoms with van der Waals surface area (Å²) in [6.45, 7) is 2.12. The van der Waals surface area contributed by atoms with Gasteiger partial charge in [-0.15, -0.1) is 0 Å². The van der Waals surface area contributed by atoms with Crippen LogP contribution in [0.1, 0.15) is 17.3 Å². The maximum absolute atomic E-state index is 11.8. The van der Waals surface area contributed by atoms with Crippen molar-refractivity contribution >= 4 is 28.1 Å². The van der Waals surface area contributed by atoms with Gasteiger partial charge in [0.1, 0.15) is 12.2 Å². The zero-order valence-electron chi connectivity index (χ0n) is 8.91. The number of carboxylic acids is 1. The van der Waals surface area contributed by atoms with E-state index >= 15 is 0 Å². The fraction of sp³-hybridized carbons (Fsp3) is 0.200. The topological polar surface area (TPSA) is 79.0 Å². The molecule has 0 spiro atoms. The molecular formula is C10H9N2O4S+. The number of carboxylic acid groups (broad SMARTS) is 1. The second kappa shape index (κ2) is 4.46. The fourth-order valence-corrected chi connectivity index (χ4v) is 2.18. The molecule has 0 unspecified atom stereocenters. The molecule has 7 heteroatoms. The number of nitrogens with zero attached hydrogens (tertiary/aromatic N) is 2. The Morgan fingerprint density at radius 1 is 1.65 bits per heavy atom. The summed E-state index contributed by atoms with van der Waals surface area (Å²) in [5.41, 5.74) is 0.0118. The highest BCUT2D eigenvalue weighted by atomic mass is 32.1. The number of Topliss-reactive ketones (excluding diaryl/α,β-unsaturated/α-hetero) is 1. The Bertz CT molecular complexity index is 544. The van der Waals surface area contributed by atoms with Crippen LogP contribution in [0.4, 0.5) is 5.00 Å². The standard InChI is InChI=1S/C10H8N2O4S/c1-2-16-11-12-5-7(10(14)15)8(13)6-3-4-17-9(6)12/h3-5H,2H2,1H3/p+1. The molecular weight excluding hydrogens is 244 g/mol. The second-order valence-electron chi connectivity index (χ2n) is 3.16. The first kappa shape index (κ1) is 11.5. The van der Waals surface area contributed by atoms with Gasteiger partial charge in [-0.25, -0.2) is 4.79 Å². The summed E-state index contributed by atoms with van der Waals surface area (Å²) < 4.78 is 1.27. The summed E-state index contributed by atoms with van der Waals surface area (Å²) >= 11 is 1.30. The van der Waals surface area contributed by atoms with Crippen molar-refractivity contribution < 1.29 is 24.2 Å². The summed E-state index contributed by atoms with van der Waals surface area (Å²) in [6.07, 6.45) is 1.17. The Kier molecular flexibility index (Phi) is 3.01. The molecule has 88 valence electrons. The number of hydrogen-bond acceptors (Lipinski definition) is 5. The number of hydrogen-bond donors (Lipinski definition) is 1. The molecule has 0 saturated heterocycles. The molecule has 0 fully saturated rings. The Morgan fingerprint density at radius 3 is 3.06 bits per heavy atom. The molecule has 0 bridgehead atoms. The number of fused-ring (bicyclic) bond motifs is 1. The summed E-state index contributed by atoms with van der Waals surface area (Å²) in [5, 5.41) is 14.9. The first-order valence-corrected chi connectivity index (χ1v) is 5.72. The van der Waals surface area contributed by atoms with Crippen molar-refractivity contribution in [2.24, 2.45) is 5.28 Å². The lowest BCUT2D eigenvalue weighted by molar-refractivity contribution is -0.475. The van der Waals surface area contributed by atoms with Gasteiger partial charge in [-0.3, -0.25) is 4.79 Å². The van der Waals surface area contributed by atoms with Crippen LogP contribution in [0, 0.1) is 0 Å². The molecule has 0 saturated carbocycles. The second-order valence-corrected chi connectivity index (χ2v) is 4.06. The molecule has 1 aliphatic rings. The highest BCUT2D eigenvalue weighted by Crippen LogP contribution is 2.33. The maximum atomic E-state index is 11.8. The number of aliphatic carboxylic acids is 1. The van der Waals surface area contributed by atoms with E-state index in [4.69, 9.17) is 9.94 Å². The minimum Gasteiger partial charge on any atom is -0.477 e. The predicted octanol–water partition coefficient (Wildman–Crippen LogP) is 1.96. The molecule has 0 atom stereocenters. The number of carbonyl (C=O) groups is 2. The zero-order valence-corrected chi connectivity index (χ0v) is 9.73. The number of thiophene rings is 1. The molecule has 0 amide bonds. The van der Waals surface area contributed by atoms with Gasteiger partial charge in [0.2, 0.25) is 12.0 Å². The third-order valence-electron chi connectivity index (χ3n) is 2.10. The van der Waals surface area contributed by atoms with Crippen molar-refractivity contribution in [3.63, 3.8) is 0 Å². The van der Waals surface area contributed by atoms with Gasteiger partial charge in [0, 0.05) is 0 Å². The van der Waals surface area contributed by atoms with E-state index < -0.39 is 11.8 Å². The minimum atomic E-state index is -1.27. The molecule has 1 aromatic heterocycles. The van der Waals surface area contributed by atoms with E-state index in [1.54, 1.807) is 18.4 Å². The highest BCUT2D eigenvalue weighted by Gasteiger charge is 2.36. The van der Waals surface area contributed by atoms with Gasteiger partial charge in [-0.1, -0.05) is 11.3 Å². The highest BCUT2D eigenvalue weighted by molar-refractivity contribution is 7.13. The van der Waals surface area contributed by atoms with E-state index in [1.165, 1.54) is 22.2 Å². The molecule has 1 aromatic rings. The summed E-state index contributed by atoms with van der Waals surface area (Å²) in [6, 6.07) is 1.58. The number of rotatable bonds is 3. The van der Waals surface area contributed by atoms with Crippen molar-refractivity contribution in [1.29, 1.82) is 0 Å². The largest absolute Gasteiger partial charge is 0.477 e. The first-order valence-electron chi connectivity index (χ1n) is 4.84. The molecule has 0 aliphatic carbocycles. The third-order valence-corrected chi connectivity index (χ3v) is 3.00. The van der Waals surface area contributed by atoms with Crippen LogP contribution in [0.5, 0.6) is 0 Å². The van der Waals surface area contributed by atoms with Crippen LogP contribution in [-0.2, 0) is 9.63 Å². The SMILES string of the molecule is CCON=[N+]1C=C(C(=O)O)C(=O)c2ccsc21. The smallest absolute Gasteiger partial charge is 0.346 e. The molecule has 1 aliphatic heterocycles. The minimum absolute atomic E-state index is 0.320. The zero-order chi connectivity index (χ0) is 12.4. The lowest BCUT2D eigenvalue weighted by Crippen LogP contribution is -2.19. The summed E-state index contributed by atoms with van der Waals surface area (Å²) in [7, 11) is 0. The Labute approximate surface area is 100 Å². The van der Waals surface area contributed by atoms with E-state index in [0.29, 0.717) is 17.2 Å². The van der Waals surface area contributed by atoms with Crippen molar-refractivity contribution in [2.75, 3.05) is 6.61 Å². The van der Waals surface area contributed by atoms with Crippen molar-refractivity contribution in [2.45, 2.75) is 6.92 Å². The molecule has 17 heavy (non-hydrogen) atoms. The quantitative estimate of drug-likeness (QED) is 0.507. The molecule has 2 rings (SSSR count). The maximum Gasteiger partial charge on any atom is 0.346 e. The normalized spacial score (nSPS) is 16.6. The number of ketones is 1. The third kappa shape index (κ3) is 1.96. The van der Waals surface area contributed by atoms with E-state index in [2.05, 4.69) is 5.28 Å². The van der Waals surface area contributed by atoms with Crippen molar-refractivity contribution in [3.8, 4) is 0 Å². The van der Waals surface area contributed by atoms with Crippen molar-refractivity contribution in [3.05, 3.63) is 28.8 Å². The average Bonchev–Trinajstić information content (AvgIpc) is 2.77.